The fourth-order valence-corrected chi connectivity index (χ4v) is 5.96. The number of ether oxygens (including phenoxy) is 1. The molecule has 2 fully saturated rings. The summed E-state index contributed by atoms with van der Waals surface area (Å²) in [6, 6.07) is 15.7. The number of hydrogen-bond acceptors (Lipinski definition) is 5. The maximum Gasteiger partial charge on any atom is 0.245 e. The van der Waals surface area contributed by atoms with Gasteiger partial charge in [0, 0.05) is 13.1 Å². The second-order valence-corrected chi connectivity index (χ2v) is 9.89. The third-order valence-corrected chi connectivity index (χ3v) is 7.89. The first-order valence-electron chi connectivity index (χ1n) is 10.7. The molecule has 0 spiro atoms. The van der Waals surface area contributed by atoms with E-state index in [0.717, 1.165) is 31.5 Å². The van der Waals surface area contributed by atoms with Crippen LogP contribution in [-0.2, 0) is 14.8 Å². The first-order chi connectivity index (χ1) is 15.0. The minimum atomic E-state index is -3.76. The molecular weight excluding hydrogens is 414 g/mol. The largest absolute Gasteiger partial charge is 0.497 e. The smallest absolute Gasteiger partial charge is 0.245 e. The van der Waals surface area contributed by atoms with Gasteiger partial charge in [-0.25, -0.2) is 8.42 Å². The first-order valence-corrected chi connectivity index (χ1v) is 12.2. The van der Waals surface area contributed by atoms with Gasteiger partial charge in [-0.2, -0.15) is 4.31 Å². The van der Waals surface area contributed by atoms with Gasteiger partial charge < -0.3 is 9.64 Å². The Hall–Kier alpha value is -2.42. The van der Waals surface area contributed by atoms with Crippen LogP contribution in [0.1, 0.15) is 31.0 Å². The summed E-state index contributed by atoms with van der Waals surface area (Å²) in [5, 5.41) is 0. The fraction of sp³-hybridized carbons (Fsp3) is 0.435. The highest BCUT2D eigenvalue weighted by molar-refractivity contribution is 7.89. The van der Waals surface area contributed by atoms with Gasteiger partial charge in [0.25, 0.3) is 0 Å². The van der Waals surface area contributed by atoms with E-state index in [4.69, 9.17) is 4.74 Å². The number of sulfonamides is 1. The third-order valence-electron chi connectivity index (χ3n) is 6.02. The predicted octanol–water partition coefficient (Wildman–Crippen LogP) is 2.71. The molecule has 7 nitrogen and oxygen atoms in total. The molecule has 0 aliphatic carbocycles. The molecule has 0 saturated carbocycles. The quantitative estimate of drug-likeness (QED) is 0.687. The van der Waals surface area contributed by atoms with Crippen molar-refractivity contribution < 1.29 is 17.9 Å². The van der Waals surface area contributed by atoms with Crippen LogP contribution in [0.15, 0.2) is 59.5 Å². The normalized spacial score (nSPS) is 20.7. The number of likely N-dealkylation sites (tertiary alicyclic amines) is 1. The summed E-state index contributed by atoms with van der Waals surface area (Å²) < 4.78 is 33.6. The summed E-state index contributed by atoms with van der Waals surface area (Å²) >= 11 is 0. The number of amides is 1. The molecule has 1 atom stereocenters. The zero-order valence-corrected chi connectivity index (χ0v) is 18.6. The predicted molar refractivity (Wildman–Crippen MR) is 118 cm³/mol. The number of hydrogen-bond donors (Lipinski definition) is 0. The zero-order valence-electron chi connectivity index (χ0n) is 17.8. The van der Waals surface area contributed by atoms with Crippen LogP contribution >= 0.6 is 0 Å². The van der Waals surface area contributed by atoms with Crippen molar-refractivity contribution in [2.45, 2.75) is 30.3 Å². The van der Waals surface area contributed by atoms with E-state index in [9.17, 15) is 13.2 Å². The van der Waals surface area contributed by atoms with Crippen molar-refractivity contribution >= 4 is 15.9 Å². The molecule has 2 aliphatic heterocycles. The highest BCUT2D eigenvalue weighted by Gasteiger charge is 2.43. The lowest BCUT2D eigenvalue weighted by molar-refractivity contribution is -0.134. The number of carbonyl (C=O) groups is 1. The molecule has 4 rings (SSSR count). The number of benzene rings is 2. The lowest BCUT2D eigenvalue weighted by Gasteiger charge is -2.33. The fourth-order valence-electron chi connectivity index (χ4n) is 4.37. The molecule has 0 N–H and O–H groups in total. The topological polar surface area (TPSA) is 70.2 Å². The molecule has 0 bridgehead atoms. The molecular formula is C23H29N3O4S. The highest BCUT2D eigenvalue weighted by Crippen LogP contribution is 2.35. The highest BCUT2D eigenvalue weighted by atomic mass is 32.2. The van der Waals surface area contributed by atoms with Crippen LogP contribution in [0.2, 0.25) is 0 Å². The van der Waals surface area contributed by atoms with Gasteiger partial charge in [-0.15, -0.1) is 0 Å². The van der Waals surface area contributed by atoms with E-state index in [1.807, 2.05) is 12.1 Å². The molecule has 8 heteroatoms. The van der Waals surface area contributed by atoms with Crippen molar-refractivity contribution in [3.8, 4) is 5.75 Å². The molecule has 0 radical (unpaired) electrons. The maximum absolute atomic E-state index is 13.5. The molecule has 1 amide bonds. The molecule has 2 saturated heterocycles. The van der Waals surface area contributed by atoms with Crippen molar-refractivity contribution in [2.75, 3.05) is 39.8 Å². The Morgan fingerprint density at radius 2 is 1.61 bits per heavy atom. The second kappa shape index (κ2) is 9.38. The molecule has 2 aromatic rings. The molecule has 0 aromatic heterocycles. The van der Waals surface area contributed by atoms with Crippen LogP contribution in [0.4, 0.5) is 0 Å². The number of rotatable bonds is 6. The SMILES string of the molecule is COc1ccc([C@H]2N(C(=O)CN3CCCCC3)CCN2S(=O)(=O)c2ccccc2)cc1. The van der Waals surface area contributed by atoms with Crippen LogP contribution < -0.4 is 4.74 Å². The van der Waals surface area contributed by atoms with E-state index in [2.05, 4.69) is 4.90 Å². The van der Waals surface area contributed by atoms with E-state index >= 15 is 0 Å². The Morgan fingerprint density at radius 3 is 2.26 bits per heavy atom. The summed E-state index contributed by atoms with van der Waals surface area (Å²) in [4.78, 5) is 17.4. The number of piperidine rings is 1. The Morgan fingerprint density at radius 1 is 0.935 bits per heavy atom. The standard InChI is InChI=1S/C23H29N3O4S/c1-30-20-12-10-19(11-13-20)23-25(22(27)18-24-14-6-3-7-15-24)16-17-26(23)31(28,29)21-8-4-2-5-9-21/h2,4-5,8-13,23H,3,6-7,14-18H2,1H3/t23-/m0/s1. The Labute approximate surface area is 184 Å². The van der Waals surface area contributed by atoms with Gasteiger partial charge in [0.15, 0.2) is 0 Å². The Balaban J connectivity index is 1.65. The van der Waals surface area contributed by atoms with Crippen molar-refractivity contribution in [3.63, 3.8) is 0 Å². The summed E-state index contributed by atoms with van der Waals surface area (Å²) in [5.74, 6) is 0.652. The summed E-state index contributed by atoms with van der Waals surface area (Å²) in [7, 11) is -2.17. The van der Waals surface area contributed by atoms with Gasteiger partial charge in [-0.05, 0) is 55.8 Å². The van der Waals surface area contributed by atoms with Gasteiger partial charge in [0.2, 0.25) is 15.9 Å². The molecule has 2 heterocycles. The van der Waals surface area contributed by atoms with Crippen molar-refractivity contribution in [3.05, 3.63) is 60.2 Å². The second-order valence-electron chi connectivity index (χ2n) is 8.00. The van der Waals surface area contributed by atoms with Crippen LogP contribution in [-0.4, -0.2) is 68.3 Å². The van der Waals surface area contributed by atoms with Gasteiger partial charge in [0.05, 0.1) is 18.6 Å². The first kappa shape index (κ1) is 21.8. The zero-order chi connectivity index (χ0) is 21.8. The Bertz CT molecular complexity index is 989. The minimum absolute atomic E-state index is 0.0338. The third kappa shape index (κ3) is 4.61. The average Bonchev–Trinajstić information content (AvgIpc) is 3.27. The van der Waals surface area contributed by atoms with Gasteiger partial charge >= 0.3 is 0 Å². The van der Waals surface area contributed by atoms with Gasteiger partial charge in [-0.3, -0.25) is 9.69 Å². The Kier molecular flexibility index (Phi) is 6.60. The maximum atomic E-state index is 13.5. The lowest BCUT2D eigenvalue weighted by atomic mass is 10.1. The van der Waals surface area contributed by atoms with E-state index in [1.54, 1.807) is 54.5 Å². The van der Waals surface area contributed by atoms with E-state index in [-0.39, 0.29) is 17.3 Å². The molecule has 2 aliphatic rings. The van der Waals surface area contributed by atoms with Crippen molar-refractivity contribution in [1.82, 2.24) is 14.1 Å². The summed E-state index contributed by atoms with van der Waals surface area (Å²) in [6.45, 7) is 2.79. The number of nitrogens with zero attached hydrogens (tertiary/aromatic N) is 3. The summed E-state index contributed by atoms with van der Waals surface area (Å²) in [5.41, 5.74) is 0.754. The van der Waals surface area contributed by atoms with Crippen LogP contribution in [0, 0.1) is 0 Å². The van der Waals surface area contributed by atoms with Crippen molar-refractivity contribution in [2.24, 2.45) is 0 Å². The van der Waals surface area contributed by atoms with Crippen LogP contribution in [0.3, 0.4) is 0 Å². The molecule has 166 valence electrons. The minimum Gasteiger partial charge on any atom is -0.497 e. The monoisotopic (exact) mass is 443 g/mol. The molecule has 0 unspecified atom stereocenters. The lowest BCUT2D eigenvalue weighted by Crippen LogP contribution is -2.44. The van der Waals surface area contributed by atoms with Crippen molar-refractivity contribution in [1.29, 1.82) is 0 Å². The van der Waals surface area contributed by atoms with Crippen LogP contribution in [0.5, 0.6) is 5.75 Å². The van der Waals surface area contributed by atoms with E-state index in [0.29, 0.717) is 18.8 Å². The summed E-state index contributed by atoms with van der Waals surface area (Å²) in [6.07, 6.45) is 2.73. The van der Waals surface area contributed by atoms with E-state index in [1.165, 1.54) is 10.7 Å². The van der Waals surface area contributed by atoms with Crippen LogP contribution in [0.25, 0.3) is 0 Å². The molecule has 2 aromatic carbocycles. The average molecular weight is 444 g/mol. The van der Waals surface area contributed by atoms with Gasteiger partial charge in [-0.1, -0.05) is 36.8 Å². The van der Waals surface area contributed by atoms with E-state index < -0.39 is 16.2 Å². The molecule has 31 heavy (non-hydrogen) atoms. The number of carbonyl (C=O) groups excluding carboxylic acids is 1. The number of methoxy groups -OCH3 is 1. The van der Waals surface area contributed by atoms with Gasteiger partial charge in [0.1, 0.15) is 11.9 Å².